The van der Waals surface area contributed by atoms with Gasteiger partial charge in [-0.25, -0.2) is 4.98 Å². The smallest absolute Gasteiger partial charge is 0.262 e. The number of aromatic nitrogens is 2. The second-order valence-electron chi connectivity index (χ2n) is 6.21. The Morgan fingerprint density at radius 1 is 1.20 bits per heavy atom. The van der Waals surface area contributed by atoms with Gasteiger partial charge in [0, 0.05) is 0 Å². The van der Waals surface area contributed by atoms with Crippen LogP contribution in [0, 0.1) is 0 Å². The summed E-state index contributed by atoms with van der Waals surface area (Å²) >= 11 is 0. The van der Waals surface area contributed by atoms with Crippen LogP contribution >= 0.6 is 0 Å². The molecule has 3 N–H and O–H groups in total. The van der Waals surface area contributed by atoms with Gasteiger partial charge in [-0.05, 0) is 42.2 Å². The van der Waals surface area contributed by atoms with Crippen molar-refractivity contribution in [2.45, 2.75) is 25.4 Å². The highest BCUT2D eigenvalue weighted by atomic mass is 16.3. The number of hydrogen-bond acceptors (Lipinski definition) is 5. The second kappa shape index (κ2) is 6.22. The molecule has 6 heteroatoms. The highest BCUT2D eigenvalue weighted by Gasteiger charge is 2.26. The van der Waals surface area contributed by atoms with E-state index in [-0.39, 0.29) is 24.8 Å². The number of benzene rings is 2. The molecule has 1 unspecified atom stereocenters. The summed E-state index contributed by atoms with van der Waals surface area (Å²) in [6.45, 7) is 0.0370. The van der Waals surface area contributed by atoms with Crippen LogP contribution in [-0.2, 0) is 13.0 Å². The number of anilines is 1. The van der Waals surface area contributed by atoms with Gasteiger partial charge in [0.05, 0.1) is 30.1 Å². The van der Waals surface area contributed by atoms with Gasteiger partial charge in [-0.2, -0.15) is 0 Å². The Kier molecular flexibility index (Phi) is 3.89. The number of para-hydroxylation sites is 1. The highest BCUT2D eigenvalue weighted by Crippen LogP contribution is 2.37. The molecule has 0 fully saturated rings. The molecule has 1 aliphatic rings. The molecule has 1 aliphatic carbocycles. The lowest BCUT2D eigenvalue weighted by Crippen LogP contribution is -2.27. The van der Waals surface area contributed by atoms with Crippen LogP contribution in [0.3, 0.4) is 0 Å². The van der Waals surface area contributed by atoms with Crippen molar-refractivity contribution >= 4 is 16.9 Å². The maximum absolute atomic E-state index is 12.7. The van der Waals surface area contributed by atoms with E-state index in [4.69, 9.17) is 0 Å². The lowest BCUT2D eigenvalue weighted by atomic mass is 10.1. The van der Waals surface area contributed by atoms with Crippen LogP contribution < -0.4 is 10.9 Å². The molecule has 128 valence electrons. The topological polar surface area (TPSA) is 87.4 Å². The third-order valence-electron chi connectivity index (χ3n) is 4.73. The van der Waals surface area contributed by atoms with Gasteiger partial charge in [0.2, 0.25) is 5.95 Å². The summed E-state index contributed by atoms with van der Waals surface area (Å²) < 4.78 is 1.48. The van der Waals surface area contributed by atoms with E-state index in [2.05, 4.69) is 10.3 Å². The Labute approximate surface area is 144 Å². The van der Waals surface area contributed by atoms with Crippen LogP contribution in [0.5, 0.6) is 5.75 Å². The lowest BCUT2D eigenvalue weighted by Gasteiger charge is -2.19. The molecule has 0 saturated heterocycles. The molecule has 0 aliphatic heterocycles. The van der Waals surface area contributed by atoms with E-state index in [1.807, 2.05) is 18.2 Å². The molecular weight excluding hydrogens is 318 g/mol. The van der Waals surface area contributed by atoms with Crippen molar-refractivity contribution in [2.75, 3.05) is 11.9 Å². The minimum Gasteiger partial charge on any atom is -0.508 e. The van der Waals surface area contributed by atoms with Gasteiger partial charge in [-0.3, -0.25) is 9.36 Å². The predicted octanol–water partition coefficient (Wildman–Crippen LogP) is 2.19. The average Bonchev–Trinajstić information content (AvgIpc) is 3.03. The predicted molar refractivity (Wildman–Crippen MR) is 95.9 cm³/mol. The minimum absolute atomic E-state index is 0.0277. The molecule has 0 amide bonds. The van der Waals surface area contributed by atoms with E-state index >= 15 is 0 Å². The molecule has 1 aromatic heterocycles. The van der Waals surface area contributed by atoms with E-state index in [0.29, 0.717) is 22.6 Å². The van der Waals surface area contributed by atoms with Crippen LogP contribution in [0.4, 0.5) is 5.95 Å². The summed E-state index contributed by atoms with van der Waals surface area (Å²) in [5.74, 6) is 0.750. The van der Waals surface area contributed by atoms with E-state index in [9.17, 15) is 15.0 Å². The lowest BCUT2D eigenvalue weighted by molar-refractivity contribution is 0.274. The SMILES string of the molecule is O=c1c2ccccc2nc(NC2CCc3c(O)cccc32)n1CCO. The second-order valence-corrected chi connectivity index (χ2v) is 6.21. The molecule has 0 saturated carbocycles. The van der Waals surface area contributed by atoms with E-state index < -0.39 is 0 Å². The van der Waals surface area contributed by atoms with Crippen molar-refractivity contribution in [1.29, 1.82) is 0 Å². The monoisotopic (exact) mass is 337 g/mol. The Morgan fingerprint density at radius 3 is 2.88 bits per heavy atom. The van der Waals surface area contributed by atoms with E-state index in [0.717, 1.165) is 24.0 Å². The number of aromatic hydroxyl groups is 1. The standard InChI is InChI=1S/C19H19N3O3/c23-11-10-22-18(25)14-4-1-2-6-15(14)20-19(22)21-16-9-8-13-12(16)5-3-7-17(13)24/h1-7,16,23-24H,8-11H2,(H,20,21). The number of hydrogen-bond donors (Lipinski definition) is 3. The van der Waals surface area contributed by atoms with Gasteiger partial charge in [0.1, 0.15) is 5.75 Å². The molecule has 0 bridgehead atoms. The summed E-state index contributed by atoms with van der Waals surface area (Å²) in [5.41, 5.74) is 2.42. The third kappa shape index (κ3) is 2.64. The molecule has 4 rings (SSSR count). The van der Waals surface area contributed by atoms with Gasteiger partial charge in [-0.1, -0.05) is 24.3 Å². The highest BCUT2D eigenvalue weighted by molar-refractivity contribution is 5.78. The molecule has 3 aromatic rings. The first-order valence-electron chi connectivity index (χ1n) is 8.37. The molecule has 25 heavy (non-hydrogen) atoms. The largest absolute Gasteiger partial charge is 0.508 e. The van der Waals surface area contributed by atoms with Crippen molar-refractivity contribution in [2.24, 2.45) is 0 Å². The number of fused-ring (bicyclic) bond motifs is 2. The Balaban J connectivity index is 1.79. The fraction of sp³-hybridized carbons (Fsp3) is 0.263. The summed E-state index contributed by atoms with van der Waals surface area (Å²) in [7, 11) is 0. The molecule has 6 nitrogen and oxygen atoms in total. The number of rotatable bonds is 4. The van der Waals surface area contributed by atoms with E-state index in [1.165, 1.54) is 4.57 Å². The molecule has 0 radical (unpaired) electrons. The number of aliphatic hydroxyl groups excluding tert-OH is 1. The first kappa shape index (κ1) is 15.7. The maximum Gasteiger partial charge on any atom is 0.262 e. The number of phenolic OH excluding ortho intramolecular Hbond substituents is 1. The average molecular weight is 337 g/mol. The Morgan fingerprint density at radius 2 is 2.04 bits per heavy atom. The van der Waals surface area contributed by atoms with Crippen LogP contribution in [0.25, 0.3) is 10.9 Å². The quantitative estimate of drug-likeness (QED) is 0.679. The van der Waals surface area contributed by atoms with Crippen LogP contribution in [-0.4, -0.2) is 26.4 Å². The fourth-order valence-electron chi connectivity index (χ4n) is 3.53. The third-order valence-corrected chi connectivity index (χ3v) is 4.73. The minimum atomic E-state index is -0.170. The molecule has 1 heterocycles. The first-order valence-corrected chi connectivity index (χ1v) is 8.37. The van der Waals surface area contributed by atoms with Crippen LogP contribution in [0.1, 0.15) is 23.6 Å². The summed E-state index contributed by atoms with van der Waals surface area (Å²) in [5, 5.41) is 23.2. The Hall–Kier alpha value is -2.86. The van der Waals surface area contributed by atoms with Gasteiger partial charge >= 0.3 is 0 Å². The fourth-order valence-corrected chi connectivity index (χ4v) is 3.53. The maximum atomic E-state index is 12.7. The molecule has 0 spiro atoms. The number of nitrogens with zero attached hydrogens (tertiary/aromatic N) is 2. The summed E-state index contributed by atoms with van der Waals surface area (Å²) in [4.78, 5) is 17.3. The van der Waals surface area contributed by atoms with Gasteiger partial charge < -0.3 is 15.5 Å². The summed E-state index contributed by atoms with van der Waals surface area (Å²) in [6, 6.07) is 12.7. The zero-order chi connectivity index (χ0) is 17.4. The van der Waals surface area contributed by atoms with Gasteiger partial charge in [0.25, 0.3) is 5.56 Å². The van der Waals surface area contributed by atoms with Gasteiger partial charge in [-0.15, -0.1) is 0 Å². The van der Waals surface area contributed by atoms with Crippen molar-refractivity contribution in [3.8, 4) is 5.75 Å². The molecule has 2 aromatic carbocycles. The molecular formula is C19H19N3O3. The number of nitrogens with one attached hydrogen (secondary N) is 1. The van der Waals surface area contributed by atoms with E-state index in [1.54, 1.807) is 24.3 Å². The first-order chi connectivity index (χ1) is 12.2. The van der Waals surface area contributed by atoms with Crippen molar-refractivity contribution in [3.63, 3.8) is 0 Å². The van der Waals surface area contributed by atoms with Gasteiger partial charge in [0.15, 0.2) is 0 Å². The van der Waals surface area contributed by atoms with Crippen LogP contribution in [0.2, 0.25) is 0 Å². The normalized spacial score (nSPS) is 16.1. The van der Waals surface area contributed by atoms with Crippen molar-refractivity contribution in [1.82, 2.24) is 9.55 Å². The van der Waals surface area contributed by atoms with Crippen LogP contribution in [0.15, 0.2) is 47.3 Å². The zero-order valence-electron chi connectivity index (χ0n) is 13.6. The van der Waals surface area contributed by atoms with Crippen molar-refractivity contribution < 1.29 is 10.2 Å². The number of aliphatic hydroxyl groups is 1. The van der Waals surface area contributed by atoms with Crippen molar-refractivity contribution in [3.05, 3.63) is 63.9 Å². The Bertz CT molecular complexity index is 997. The zero-order valence-corrected chi connectivity index (χ0v) is 13.6. The summed E-state index contributed by atoms with van der Waals surface area (Å²) in [6.07, 6.45) is 1.59. The number of phenols is 1. The molecule has 1 atom stereocenters.